The molecular weight excluding hydrogens is 271 g/mol. The average Bonchev–Trinajstić information content (AvgIpc) is 2.27. The van der Waals surface area contributed by atoms with Crippen molar-refractivity contribution in [2.75, 3.05) is 0 Å². The molecule has 0 atom stereocenters. The second-order valence-corrected chi connectivity index (χ2v) is 4.97. The Bertz CT molecular complexity index is 719. The third-order valence-corrected chi connectivity index (χ3v) is 3.19. The SMILES string of the molecule is Cc1cc(O)c2nc3cc(Cl)cc(Cl)c3nc2c1. The minimum atomic E-state index is 0.107. The Morgan fingerprint density at radius 1 is 0.944 bits per heavy atom. The van der Waals surface area contributed by atoms with Gasteiger partial charge in [0.1, 0.15) is 16.8 Å². The van der Waals surface area contributed by atoms with Gasteiger partial charge in [0.05, 0.1) is 16.1 Å². The van der Waals surface area contributed by atoms with Gasteiger partial charge < -0.3 is 5.11 Å². The van der Waals surface area contributed by atoms with Gasteiger partial charge in [0.25, 0.3) is 0 Å². The molecule has 90 valence electrons. The molecule has 0 unspecified atom stereocenters. The number of phenols is 1. The lowest BCUT2D eigenvalue weighted by Gasteiger charge is -2.05. The first-order valence-electron chi connectivity index (χ1n) is 5.31. The van der Waals surface area contributed by atoms with Crippen molar-refractivity contribution in [2.24, 2.45) is 0 Å². The third-order valence-electron chi connectivity index (χ3n) is 2.69. The zero-order chi connectivity index (χ0) is 12.9. The van der Waals surface area contributed by atoms with E-state index in [4.69, 9.17) is 23.2 Å². The van der Waals surface area contributed by atoms with E-state index in [9.17, 15) is 5.11 Å². The molecule has 18 heavy (non-hydrogen) atoms. The summed E-state index contributed by atoms with van der Waals surface area (Å²) in [6, 6.07) is 6.80. The Morgan fingerprint density at radius 2 is 1.61 bits per heavy atom. The van der Waals surface area contributed by atoms with Crippen molar-refractivity contribution >= 4 is 45.3 Å². The molecule has 0 saturated carbocycles. The van der Waals surface area contributed by atoms with E-state index in [1.807, 2.05) is 13.0 Å². The van der Waals surface area contributed by atoms with Gasteiger partial charge >= 0.3 is 0 Å². The van der Waals surface area contributed by atoms with Crippen molar-refractivity contribution in [3.63, 3.8) is 0 Å². The van der Waals surface area contributed by atoms with Crippen molar-refractivity contribution in [1.82, 2.24) is 9.97 Å². The first-order chi connectivity index (χ1) is 8.54. The molecule has 0 aliphatic rings. The number of nitrogens with zero attached hydrogens (tertiary/aromatic N) is 2. The van der Waals surface area contributed by atoms with E-state index in [0.717, 1.165) is 5.56 Å². The zero-order valence-electron chi connectivity index (χ0n) is 9.41. The minimum Gasteiger partial charge on any atom is -0.506 e. The molecule has 0 spiro atoms. The summed E-state index contributed by atoms with van der Waals surface area (Å²) >= 11 is 12.0. The zero-order valence-corrected chi connectivity index (χ0v) is 10.9. The molecule has 3 rings (SSSR count). The predicted molar refractivity (Wildman–Crippen MR) is 73.5 cm³/mol. The van der Waals surface area contributed by atoms with Crippen LogP contribution in [0, 0.1) is 6.92 Å². The fraction of sp³-hybridized carbons (Fsp3) is 0.0769. The van der Waals surface area contributed by atoms with Crippen LogP contribution in [0.4, 0.5) is 0 Å². The first kappa shape index (κ1) is 11.5. The average molecular weight is 279 g/mol. The standard InChI is InChI=1S/C13H8Cl2N2O/c1-6-2-9-13(11(18)3-6)17-10-5-7(14)4-8(15)12(10)16-9/h2-5,18H,1H3. The van der Waals surface area contributed by atoms with Crippen LogP contribution in [0.5, 0.6) is 5.75 Å². The van der Waals surface area contributed by atoms with Gasteiger partial charge in [-0.05, 0) is 36.8 Å². The maximum atomic E-state index is 9.88. The minimum absolute atomic E-state index is 0.107. The van der Waals surface area contributed by atoms with Gasteiger partial charge in [-0.3, -0.25) is 0 Å². The molecular formula is C13H8Cl2N2O. The summed E-state index contributed by atoms with van der Waals surface area (Å²) in [6.45, 7) is 1.88. The molecule has 1 N–H and O–H groups in total. The quantitative estimate of drug-likeness (QED) is 0.630. The summed E-state index contributed by atoms with van der Waals surface area (Å²) in [5.41, 5.74) is 3.13. The number of benzene rings is 2. The van der Waals surface area contributed by atoms with Crippen LogP contribution < -0.4 is 0 Å². The number of halogens is 2. The Hall–Kier alpha value is -1.58. The van der Waals surface area contributed by atoms with Crippen molar-refractivity contribution in [3.8, 4) is 5.75 Å². The van der Waals surface area contributed by atoms with Gasteiger partial charge in [-0.1, -0.05) is 23.2 Å². The van der Waals surface area contributed by atoms with Crippen LogP contribution in [0.15, 0.2) is 24.3 Å². The molecule has 0 saturated heterocycles. The lowest BCUT2D eigenvalue weighted by molar-refractivity contribution is 0.480. The number of phenolic OH excluding ortho intramolecular Hbond substituents is 1. The Labute approximate surface area is 113 Å². The molecule has 0 aliphatic heterocycles. The third kappa shape index (κ3) is 1.76. The van der Waals surface area contributed by atoms with Crippen molar-refractivity contribution in [2.45, 2.75) is 6.92 Å². The van der Waals surface area contributed by atoms with Crippen molar-refractivity contribution in [3.05, 3.63) is 39.9 Å². The molecule has 0 aliphatic carbocycles. The number of fused-ring (bicyclic) bond motifs is 2. The lowest BCUT2D eigenvalue weighted by Crippen LogP contribution is -1.90. The van der Waals surface area contributed by atoms with Crippen LogP contribution >= 0.6 is 23.2 Å². The Morgan fingerprint density at radius 3 is 2.39 bits per heavy atom. The topological polar surface area (TPSA) is 46.0 Å². The number of rotatable bonds is 0. The van der Waals surface area contributed by atoms with E-state index in [0.29, 0.717) is 32.1 Å². The highest BCUT2D eigenvalue weighted by molar-refractivity contribution is 6.38. The molecule has 1 aromatic heterocycles. The smallest absolute Gasteiger partial charge is 0.143 e. The molecule has 3 nitrogen and oxygen atoms in total. The summed E-state index contributed by atoms with van der Waals surface area (Å²) in [6.07, 6.45) is 0. The van der Waals surface area contributed by atoms with Crippen LogP contribution in [-0.4, -0.2) is 15.1 Å². The van der Waals surface area contributed by atoms with Gasteiger partial charge in [-0.15, -0.1) is 0 Å². The largest absolute Gasteiger partial charge is 0.506 e. The van der Waals surface area contributed by atoms with Gasteiger partial charge in [0.15, 0.2) is 0 Å². The summed E-state index contributed by atoms with van der Waals surface area (Å²) in [5, 5.41) is 10.8. The van der Waals surface area contributed by atoms with E-state index in [1.165, 1.54) is 0 Å². The number of aromatic nitrogens is 2. The summed E-state index contributed by atoms with van der Waals surface area (Å²) in [5.74, 6) is 0.107. The van der Waals surface area contributed by atoms with Crippen molar-refractivity contribution in [1.29, 1.82) is 0 Å². The normalized spacial score (nSPS) is 11.3. The maximum Gasteiger partial charge on any atom is 0.143 e. The maximum absolute atomic E-state index is 9.88. The fourth-order valence-corrected chi connectivity index (χ4v) is 2.45. The van der Waals surface area contributed by atoms with Gasteiger partial charge in [-0.2, -0.15) is 0 Å². The highest BCUT2D eigenvalue weighted by atomic mass is 35.5. The number of hydrogen-bond acceptors (Lipinski definition) is 3. The van der Waals surface area contributed by atoms with Crippen molar-refractivity contribution < 1.29 is 5.11 Å². The van der Waals surface area contributed by atoms with E-state index in [1.54, 1.807) is 18.2 Å². The van der Waals surface area contributed by atoms with Crippen LogP contribution in [0.1, 0.15) is 5.56 Å². The van der Waals surface area contributed by atoms with Crippen LogP contribution in [-0.2, 0) is 0 Å². The predicted octanol–water partition coefficient (Wildman–Crippen LogP) is 4.10. The van der Waals surface area contributed by atoms with E-state index in [-0.39, 0.29) is 5.75 Å². The van der Waals surface area contributed by atoms with E-state index >= 15 is 0 Å². The van der Waals surface area contributed by atoms with Gasteiger partial charge in [-0.25, -0.2) is 9.97 Å². The second-order valence-electron chi connectivity index (χ2n) is 4.13. The number of aromatic hydroxyl groups is 1. The highest BCUT2D eigenvalue weighted by Gasteiger charge is 2.09. The Kier molecular flexibility index (Phi) is 2.54. The number of aryl methyl sites for hydroxylation is 1. The molecule has 2 aromatic carbocycles. The van der Waals surface area contributed by atoms with E-state index in [2.05, 4.69) is 9.97 Å². The molecule has 3 aromatic rings. The van der Waals surface area contributed by atoms with Crippen LogP contribution in [0.25, 0.3) is 22.1 Å². The lowest BCUT2D eigenvalue weighted by atomic mass is 10.2. The molecule has 0 fully saturated rings. The van der Waals surface area contributed by atoms with Gasteiger partial charge in [0, 0.05) is 5.02 Å². The molecule has 0 radical (unpaired) electrons. The van der Waals surface area contributed by atoms with Crippen LogP contribution in [0.3, 0.4) is 0 Å². The van der Waals surface area contributed by atoms with Crippen LogP contribution in [0.2, 0.25) is 10.0 Å². The molecule has 0 amide bonds. The fourth-order valence-electron chi connectivity index (χ4n) is 1.93. The first-order valence-corrected chi connectivity index (χ1v) is 6.06. The molecule has 1 heterocycles. The molecule has 0 bridgehead atoms. The van der Waals surface area contributed by atoms with Gasteiger partial charge in [0.2, 0.25) is 0 Å². The molecule has 5 heteroatoms. The number of hydrogen-bond donors (Lipinski definition) is 1. The monoisotopic (exact) mass is 278 g/mol. The summed E-state index contributed by atoms with van der Waals surface area (Å²) < 4.78 is 0. The summed E-state index contributed by atoms with van der Waals surface area (Å²) in [7, 11) is 0. The Balaban J connectivity index is 2.51. The highest BCUT2D eigenvalue weighted by Crippen LogP contribution is 2.30. The van der Waals surface area contributed by atoms with E-state index < -0.39 is 0 Å². The summed E-state index contributed by atoms with van der Waals surface area (Å²) in [4.78, 5) is 8.79. The second kappa shape index (κ2) is 3.97.